The molecule has 0 aliphatic carbocycles. The number of carboxylic acid groups (broad SMARTS) is 2. The lowest BCUT2D eigenvalue weighted by atomic mass is 9.90. The highest BCUT2D eigenvalue weighted by Crippen LogP contribution is 2.33. The molecule has 0 bridgehead atoms. The van der Waals surface area contributed by atoms with Crippen LogP contribution in [0.5, 0.6) is 0 Å². The summed E-state index contributed by atoms with van der Waals surface area (Å²) in [6.07, 6.45) is 4.33. The number of aryl methyl sites for hydroxylation is 2. The summed E-state index contributed by atoms with van der Waals surface area (Å²) in [4.78, 5) is 43.1. The van der Waals surface area contributed by atoms with E-state index in [1.165, 1.54) is 32.3 Å². The number of piperidine rings is 1. The number of hydrogen-bond acceptors (Lipinski definition) is 5. The Morgan fingerprint density at radius 3 is 2.20 bits per heavy atom. The number of benzene rings is 2. The molecule has 0 atom stereocenters. The molecule has 9 nitrogen and oxygen atoms in total. The average molecular weight is 545 g/mol. The van der Waals surface area contributed by atoms with E-state index in [9.17, 15) is 24.6 Å². The van der Waals surface area contributed by atoms with E-state index in [-0.39, 0.29) is 34.1 Å². The van der Waals surface area contributed by atoms with Crippen LogP contribution < -0.4 is 10.6 Å². The number of nitrogens with one attached hydrogen (secondary N) is 2. The van der Waals surface area contributed by atoms with Gasteiger partial charge in [-0.3, -0.25) is 4.98 Å². The van der Waals surface area contributed by atoms with Crippen molar-refractivity contribution in [1.82, 2.24) is 15.2 Å². The molecule has 210 valence electrons. The van der Waals surface area contributed by atoms with Crippen molar-refractivity contribution in [1.29, 1.82) is 0 Å². The van der Waals surface area contributed by atoms with Crippen LogP contribution in [0.2, 0.25) is 0 Å². The fourth-order valence-electron chi connectivity index (χ4n) is 5.46. The zero-order valence-corrected chi connectivity index (χ0v) is 22.9. The second kappa shape index (κ2) is 13.2. The van der Waals surface area contributed by atoms with E-state index in [4.69, 9.17) is 0 Å². The maximum Gasteiger partial charge on any atom is 0.338 e. The minimum atomic E-state index is -1.26. The Morgan fingerprint density at radius 2 is 1.57 bits per heavy atom. The van der Waals surface area contributed by atoms with Crippen LogP contribution in [0.1, 0.15) is 56.9 Å². The average Bonchev–Trinajstić information content (AvgIpc) is 2.92. The molecule has 9 heteroatoms. The van der Waals surface area contributed by atoms with Crippen molar-refractivity contribution in [2.45, 2.75) is 39.5 Å². The molecule has 2 aromatic carbocycles. The smallest absolute Gasteiger partial charge is 0.338 e. The van der Waals surface area contributed by atoms with Crippen LogP contribution in [0.4, 0.5) is 10.5 Å². The number of likely N-dealkylation sites (tertiary alicyclic amines) is 1. The summed E-state index contributed by atoms with van der Waals surface area (Å²) in [6, 6.07) is 16.8. The van der Waals surface area contributed by atoms with Gasteiger partial charge in [0.1, 0.15) is 0 Å². The molecule has 4 N–H and O–H groups in total. The zero-order chi connectivity index (χ0) is 28.6. The van der Waals surface area contributed by atoms with Crippen molar-refractivity contribution < 1.29 is 24.6 Å². The van der Waals surface area contributed by atoms with E-state index < -0.39 is 11.9 Å². The van der Waals surface area contributed by atoms with Crippen LogP contribution in [-0.4, -0.2) is 64.2 Å². The fraction of sp³-hybridized carbons (Fsp3) is 0.355. The van der Waals surface area contributed by atoms with E-state index in [1.54, 1.807) is 24.3 Å². The number of carboxylic acids is 2. The first-order valence-corrected chi connectivity index (χ1v) is 13.6. The zero-order valence-electron chi connectivity index (χ0n) is 22.9. The Bertz CT molecular complexity index is 1330. The molecule has 0 saturated carbocycles. The van der Waals surface area contributed by atoms with Crippen LogP contribution in [-0.2, 0) is 6.42 Å². The molecule has 1 aromatic heterocycles. The third kappa shape index (κ3) is 7.24. The first kappa shape index (κ1) is 28.8. The molecule has 2 amide bonds. The first-order valence-electron chi connectivity index (χ1n) is 13.6. The number of hydrogen-bond donors (Lipinski definition) is 4. The van der Waals surface area contributed by atoms with Crippen molar-refractivity contribution >= 4 is 23.7 Å². The summed E-state index contributed by atoms with van der Waals surface area (Å²) in [5.74, 6) is -1.81. The third-order valence-electron chi connectivity index (χ3n) is 7.41. The highest BCUT2D eigenvalue weighted by atomic mass is 16.4. The maximum atomic E-state index is 12.6. The predicted octanol–water partition coefficient (Wildman–Crippen LogP) is 5.23. The molecule has 1 aliphatic rings. The molecule has 3 aromatic rings. The van der Waals surface area contributed by atoms with E-state index in [2.05, 4.69) is 50.8 Å². The van der Waals surface area contributed by atoms with E-state index in [0.29, 0.717) is 17.8 Å². The number of carbonyl (C=O) groups is 3. The van der Waals surface area contributed by atoms with Crippen LogP contribution in [0, 0.1) is 19.8 Å². The normalized spacial score (nSPS) is 14.1. The largest absolute Gasteiger partial charge is 0.478 e. The van der Waals surface area contributed by atoms with Gasteiger partial charge in [0.15, 0.2) is 0 Å². The highest BCUT2D eigenvalue weighted by Gasteiger charge is 2.26. The number of amides is 2. The molecule has 1 fully saturated rings. The van der Waals surface area contributed by atoms with Gasteiger partial charge in [-0.05, 0) is 88.3 Å². The lowest BCUT2D eigenvalue weighted by Crippen LogP contribution is -2.37. The van der Waals surface area contributed by atoms with Crippen molar-refractivity contribution in [3.8, 4) is 11.1 Å². The summed E-state index contributed by atoms with van der Waals surface area (Å²) in [5, 5.41) is 25.2. The van der Waals surface area contributed by atoms with Gasteiger partial charge in [-0.15, -0.1) is 0 Å². The molecule has 40 heavy (non-hydrogen) atoms. The highest BCUT2D eigenvalue weighted by molar-refractivity contribution is 6.06. The number of carbonyl (C=O) groups excluding carboxylic acids is 1. The van der Waals surface area contributed by atoms with Gasteiger partial charge >= 0.3 is 18.0 Å². The molecule has 4 rings (SSSR count). The SMILES string of the molecule is Cc1nc(C)c(C(=O)O)c(-c2cccc(NC(=O)NCCCN3CCC(Cc4ccccc4)CC3)c2)c1C(=O)O. The molecule has 0 radical (unpaired) electrons. The minimum Gasteiger partial charge on any atom is -0.478 e. The Labute approximate surface area is 234 Å². The van der Waals surface area contributed by atoms with Crippen molar-refractivity contribution in [2.75, 3.05) is 31.5 Å². The Balaban J connectivity index is 1.29. The number of pyridine rings is 1. The van der Waals surface area contributed by atoms with E-state index in [1.807, 2.05) is 0 Å². The van der Waals surface area contributed by atoms with Crippen LogP contribution >= 0.6 is 0 Å². The molecule has 0 spiro atoms. The number of urea groups is 1. The van der Waals surface area contributed by atoms with Gasteiger partial charge in [0.2, 0.25) is 0 Å². The summed E-state index contributed by atoms with van der Waals surface area (Å²) < 4.78 is 0. The van der Waals surface area contributed by atoms with Gasteiger partial charge in [0.25, 0.3) is 0 Å². The van der Waals surface area contributed by atoms with Crippen LogP contribution in [0.25, 0.3) is 11.1 Å². The van der Waals surface area contributed by atoms with Gasteiger partial charge in [0.05, 0.1) is 22.5 Å². The molecule has 0 unspecified atom stereocenters. The van der Waals surface area contributed by atoms with Crippen LogP contribution in [0.15, 0.2) is 54.6 Å². The van der Waals surface area contributed by atoms with Gasteiger partial charge in [-0.2, -0.15) is 0 Å². The summed E-state index contributed by atoms with van der Waals surface area (Å²) in [5.41, 5.74) is 2.37. The van der Waals surface area contributed by atoms with Gasteiger partial charge in [0, 0.05) is 17.8 Å². The number of anilines is 1. The topological polar surface area (TPSA) is 132 Å². The Hall–Kier alpha value is -4.24. The van der Waals surface area contributed by atoms with Gasteiger partial charge in [-0.25, -0.2) is 14.4 Å². The Kier molecular flexibility index (Phi) is 9.50. The molecular weight excluding hydrogens is 508 g/mol. The third-order valence-corrected chi connectivity index (χ3v) is 7.41. The van der Waals surface area contributed by atoms with Crippen LogP contribution in [0.3, 0.4) is 0 Å². The quantitative estimate of drug-likeness (QED) is 0.257. The molecule has 2 heterocycles. The van der Waals surface area contributed by atoms with Gasteiger partial charge in [-0.1, -0.05) is 42.5 Å². The van der Waals surface area contributed by atoms with Gasteiger partial charge < -0.3 is 25.7 Å². The minimum absolute atomic E-state index is 0.0709. The number of rotatable bonds is 10. The number of aromatic carboxylic acids is 2. The van der Waals surface area contributed by atoms with E-state index in [0.717, 1.165) is 38.4 Å². The fourth-order valence-corrected chi connectivity index (χ4v) is 5.46. The van der Waals surface area contributed by atoms with Crippen molar-refractivity contribution in [3.63, 3.8) is 0 Å². The summed E-state index contributed by atoms with van der Waals surface area (Å²) >= 11 is 0. The first-order chi connectivity index (χ1) is 19.2. The monoisotopic (exact) mass is 544 g/mol. The number of aromatic nitrogens is 1. The molecular formula is C31H36N4O5. The Morgan fingerprint density at radius 1 is 0.925 bits per heavy atom. The standard InChI is InChI=1S/C31H36N4O5/c1-20-26(29(36)37)28(27(30(38)39)21(2)33-20)24-10-6-11-25(19-24)34-31(40)32-14-7-15-35-16-12-23(13-17-35)18-22-8-4-3-5-9-22/h3-6,8-11,19,23H,7,12-18H2,1-2H3,(H,36,37)(H,38,39)(H2,32,34,40). The lowest BCUT2D eigenvalue weighted by molar-refractivity contribution is 0.0695. The molecule has 1 saturated heterocycles. The van der Waals surface area contributed by atoms with Crippen molar-refractivity contribution in [2.24, 2.45) is 5.92 Å². The summed E-state index contributed by atoms with van der Waals surface area (Å²) in [7, 11) is 0. The van der Waals surface area contributed by atoms with Crippen molar-refractivity contribution in [3.05, 3.63) is 82.7 Å². The van der Waals surface area contributed by atoms with E-state index >= 15 is 0 Å². The summed E-state index contributed by atoms with van der Waals surface area (Å²) in [6.45, 7) is 6.65. The predicted molar refractivity (Wildman–Crippen MR) is 154 cm³/mol. The molecule has 1 aliphatic heterocycles. The second-order valence-electron chi connectivity index (χ2n) is 10.3. The lowest BCUT2D eigenvalue weighted by Gasteiger charge is -2.32. The maximum absolute atomic E-state index is 12.6. The second-order valence-corrected chi connectivity index (χ2v) is 10.3. The number of nitrogens with zero attached hydrogens (tertiary/aromatic N) is 2.